The van der Waals surface area contributed by atoms with Gasteiger partial charge in [-0.25, -0.2) is 0 Å². The molecule has 0 fully saturated rings. The summed E-state index contributed by atoms with van der Waals surface area (Å²) in [5.74, 6) is -1.25. The minimum atomic E-state index is -0.899. The van der Waals surface area contributed by atoms with Gasteiger partial charge in [-0.15, -0.1) is 0 Å². The summed E-state index contributed by atoms with van der Waals surface area (Å²) in [6, 6.07) is 8.03. The van der Waals surface area contributed by atoms with E-state index in [1.165, 1.54) is 0 Å². The van der Waals surface area contributed by atoms with Crippen molar-refractivity contribution in [1.29, 1.82) is 5.26 Å². The summed E-state index contributed by atoms with van der Waals surface area (Å²) >= 11 is 5.66. The number of carbonyl (C=O) groups excluding carboxylic acids is 2. The molecule has 0 bridgehead atoms. The largest absolute Gasteiger partial charge is 0.303 e. The fraction of sp³-hybridized carbons (Fsp3) is 0.182. The van der Waals surface area contributed by atoms with E-state index < -0.39 is 5.92 Å². The minimum absolute atomic E-state index is 0.0715. The average molecular weight is 222 g/mol. The second-order valence-corrected chi connectivity index (χ2v) is 3.39. The fourth-order valence-corrected chi connectivity index (χ4v) is 1.26. The Morgan fingerprint density at radius 2 is 2.07 bits per heavy atom. The molecular formula is C11H8ClNO2. The van der Waals surface area contributed by atoms with E-state index in [1.54, 1.807) is 30.3 Å². The number of hydrogen-bond acceptors (Lipinski definition) is 3. The molecule has 76 valence electrons. The molecule has 0 saturated carbocycles. The van der Waals surface area contributed by atoms with Crippen molar-refractivity contribution in [2.75, 3.05) is 0 Å². The summed E-state index contributed by atoms with van der Waals surface area (Å²) < 4.78 is 0. The first-order valence-electron chi connectivity index (χ1n) is 4.32. The number of aldehydes is 1. The van der Waals surface area contributed by atoms with E-state index in [4.69, 9.17) is 16.9 Å². The topological polar surface area (TPSA) is 57.9 Å². The van der Waals surface area contributed by atoms with Gasteiger partial charge in [-0.2, -0.15) is 5.26 Å². The molecule has 3 nitrogen and oxygen atoms in total. The molecule has 0 saturated heterocycles. The maximum Gasteiger partial charge on any atom is 0.180 e. The molecule has 0 radical (unpaired) electrons. The first-order valence-corrected chi connectivity index (χ1v) is 4.70. The van der Waals surface area contributed by atoms with E-state index in [0.717, 1.165) is 0 Å². The molecule has 0 amide bonds. The Hall–Kier alpha value is -1.66. The predicted molar refractivity (Wildman–Crippen MR) is 55.6 cm³/mol. The Bertz CT molecular complexity index is 406. The highest BCUT2D eigenvalue weighted by molar-refractivity contribution is 6.30. The van der Waals surface area contributed by atoms with Gasteiger partial charge in [0.25, 0.3) is 0 Å². The fourth-order valence-electron chi connectivity index (χ4n) is 1.13. The quantitative estimate of drug-likeness (QED) is 0.579. The normalized spacial score (nSPS) is 11.5. The number of ketones is 1. The van der Waals surface area contributed by atoms with Crippen LogP contribution in [0.15, 0.2) is 24.3 Å². The van der Waals surface area contributed by atoms with E-state index in [-0.39, 0.29) is 12.2 Å². The number of hydrogen-bond donors (Lipinski definition) is 0. The second kappa shape index (κ2) is 5.28. The van der Waals surface area contributed by atoms with Crippen LogP contribution < -0.4 is 0 Å². The Labute approximate surface area is 92.3 Å². The van der Waals surface area contributed by atoms with Gasteiger partial charge in [0.05, 0.1) is 6.07 Å². The number of nitrogens with zero attached hydrogens (tertiary/aromatic N) is 1. The molecule has 4 heteroatoms. The van der Waals surface area contributed by atoms with Crippen molar-refractivity contribution >= 4 is 23.7 Å². The molecule has 1 unspecified atom stereocenters. The highest BCUT2D eigenvalue weighted by atomic mass is 35.5. The SMILES string of the molecule is N#CC(CC=O)C(=O)c1ccc(Cl)cc1. The molecule has 0 aliphatic heterocycles. The number of rotatable bonds is 4. The van der Waals surface area contributed by atoms with Gasteiger partial charge in [-0.05, 0) is 24.3 Å². The highest BCUT2D eigenvalue weighted by Crippen LogP contribution is 2.14. The van der Waals surface area contributed by atoms with Crippen molar-refractivity contribution in [1.82, 2.24) is 0 Å². The van der Waals surface area contributed by atoms with Gasteiger partial charge in [-0.1, -0.05) is 11.6 Å². The van der Waals surface area contributed by atoms with Crippen molar-refractivity contribution in [3.8, 4) is 6.07 Å². The molecule has 0 aliphatic carbocycles. The Balaban J connectivity index is 2.88. The van der Waals surface area contributed by atoms with E-state index in [9.17, 15) is 9.59 Å². The van der Waals surface area contributed by atoms with E-state index in [0.29, 0.717) is 16.9 Å². The second-order valence-electron chi connectivity index (χ2n) is 2.96. The van der Waals surface area contributed by atoms with E-state index in [1.807, 2.05) is 0 Å². The van der Waals surface area contributed by atoms with Crippen molar-refractivity contribution in [2.24, 2.45) is 5.92 Å². The van der Waals surface area contributed by atoms with Gasteiger partial charge in [0.15, 0.2) is 5.78 Å². The maximum atomic E-state index is 11.7. The molecule has 15 heavy (non-hydrogen) atoms. The zero-order valence-corrected chi connectivity index (χ0v) is 8.57. The molecule has 1 rings (SSSR count). The Morgan fingerprint density at radius 1 is 1.47 bits per heavy atom. The average Bonchev–Trinajstić information content (AvgIpc) is 2.26. The molecule has 0 spiro atoms. The minimum Gasteiger partial charge on any atom is -0.303 e. The summed E-state index contributed by atoms with van der Waals surface area (Å²) in [7, 11) is 0. The van der Waals surface area contributed by atoms with Gasteiger partial charge >= 0.3 is 0 Å². The van der Waals surface area contributed by atoms with Gasteiger partial charge in [0, 0.05) is 17.0 Å². The third kappa shape index (κ3) is 2.90. The smallest absolute Gasteiger partial charge is 0.180 e. The van der Waals surface area contributed by atoms with Crippen LogP contribution in [0.25, 0.3) is 0 Å². The van der Waals surface area contributed by atoms with Gasteiger partial charge in [0.1, 0.15) is 12.2 Å². The van der Waals surface area contributed by atoms with Gasteiger partial charge in [0.2, 0.25) is 0 Å². The third-order valence-electron chi connectivity index (χ3n) is 1.93. The Morgan fingerprint density at radius 3 is 2.53 bits per heavy atom. The summed E-state index contributed by atoms with van der Waals surface area (Å²) in [5.41, 5.74) is 0.396. The first-order chi connectivity index (χ1) is 7.19. The van der Waals surface area contributed by atoms with Crippen LogP contribution in [0.1, 0.15) is 16.8 Å². The molecule has 1 aromatic carbocycles. The zero-order valence-electron chi connectivity index (χ0n) is 7.81. The number of halogens is 1. The van der Waals surface area contributed by atoms with Gasteiger partial charge in [-0.3, -0.25) is 4.79 Å². The third-order valence-corrected chi connectivity index (χ3v) is 2.18. The van der Waals surface area contributed by atoms with Crippen LogP contribution in [0, 0.1) is 17.2 Å². The van der Waals surface area contributed by atoms with Crippen LogP contribution in [-0.4, -0.2) is 12.1 Å². The lowest BCUT2D eigenvalue weighted by Crippen LogP contribution is -2.13. The number of Topliss-reactive ketones (excluding diaryl/α,β-unsaturated/α-hetero) is 1. The molecule has 0 heterocycles. The van der Waals surface area contributed by atoms with Crippen LogP contribution >= 0.6 is 11.6 Å². The highest BCUT2D eigenvalue weighted by Gasteiger charge is 2.18. The van der Waals surface area contributed by atoms with E-state index >= 15 is 0 Å². The summed E-state index contributed by atoms with van der Waals surface area (Å²) in [5, 5.41) is 9.21. The van der Waals surface area contributed by atoms with Crippen LogP contribution in [0.4, 0.5) is 0 Å². The number of nitriles is 1. The number of benzene rings is 1. The van der Waals surface area contributed by atoms with Crippen molar-refractivity contribution < 1.29 is 9.59 Å². The lowest BCUT2D eigenvalue weighted by molar-refractivity contribution is -0.108. The standard InChI is InChI=1S/C11H8ClNO2/c12-10-3-1-8(2-4-10)11(15)9(7-13)5-6-14/h1-4,6,9H,5H2. The number of carbonyl (C=O) groups is 2. The van der Waals surface area contributed by atoms with Crippen LogP contribution in [0.2, 0.25) is 5.02 Å². The first kappa shape index (κ1) is 11.4. The predicted octanol–water partition coefficient (Wildman–Crippen LogP) is 2.25. The van der Waals surface area contributed by atoms with Gasteiger partial charge < -0.3 is 4.79 Å². The Kier molecular flexibility index (Phi) is 4.02. The maximum absolute atomic E-state index is 11.7. The molecule has 1 aromatic rings. The summed E-state index contributed by atoms with van der Waals surface area (Å²) in [4.78, 5) is 21.9. The van der Waals surface area contributed by atoms with Crippen molar-refractivity contribution in [2.45, 2.75) is 6.42 Å². The van der Waals surface area contributed by atoms with E-state index in [2.05, 4.69) is 0 Å². The zero-order chi connectivity index (χ0) is 11.3. The molecule has 1 atom stereocenters. The lowest BCUT2D eigenvalue weighted by Gasteiger charge is -2.03. The van der Waals surface area contributed by atoms with Crippen LogP contribution in [-0.2, 0) is 4.79 Å². The van der Waals surface area contributed by atoms with Crippen molar-refractivity contribution in [3.05, 3.63) is 34.9 Å². The van der Waals surface area contributed by atoms with Crippen LogP contribution in [0.3, 0.4) is 0 Å². The monoisotopic (exact) mass is 221 g/mol. The van der Waals surface area contributed by atoms with Crippen LogP contribution in [0.5, 0.6) is 0 Å². The molecule has 0 N–H and O–H groups in total. The summed E-state index contributed by atoms with van der Waals surface area (Å²) in [6.45, 7) is 0. The molecule has 0 aromatic heterocycles. The summed E-state index contributed by atoms with van der Waals surface area (Å²) in [6.07, 6.45) is 0.500. The molecule has 0 aliphatic rings. The van der Waals surface area contributed by atoms with Crippen molar-refractivity contribution in [3.63, 3.8) is 0 Å². The lowest BCUT2D eigenvalue weighted by atomic mass is 9.97. The molecular weight excluding hydrogens is 214 g/mol.